The average molecular weight is 339 g/mol. The molecule has 2 aliphatic heterocycles. The Labute approximate surface area is 140 Å². The molecular weight excluding hydrogens is 316 g/mol. The van der Waals surface area contributed by atoms with Crippen LogP contribution >= 0.6 is 0 Å². The Morgan fingerprint density at radius 1 is 1.38 bits per heavy atom. The van der Waals surface area contributed by atoms with Crippen LogP contribution in [0.4, 0.5) is 8.78 Å². The average Bonchev–Trinajstić information content (AvgIpc) is 2.98. The first-order valence-electron chi connectivity index (χ1n) is 8.40. The van der Waals surface area contributed by atoms with Crippen molar-refractivity contribution in [2.45, 2.75) is 44.0 Å². The number of likely N-dealkylation sites (tertiary alicyclic amines) is 1. The predicted octanol–water partition coefficient (Wildman–Crippen LogP) is 0.768. The highest BCUT2D eigenvalue weighted by atomic mass is 19.1. The number of amides is 1. The number of hydrogen-bond donors (Lipinski definition) is 3. The van der Waals surface area contributed by atoms with Crippen LogP contribution in [0.15, 0.2) is 18.2 Å². The lowest BCUT2D eigenvalue weighted by Gasteiger charge is -2.33. The fourth-order valence-electron chi connectivity index (χ4n) is 3.44. The Morgan fingerprint density at radius 3 is 2.79 bits per heavy atom. The third-order valence-corrected chi connectivity index (χ3v) is 4.72. The van der Waals surface area contributed by atoms with E-state index in [0.29, 0.717) is 19.5 Å². The molecule has 3 atom stereocenters. The largest absolute Gasteiger partial charge is 0.392 e. The fourth-order valence-corrected chi connectivity index (χ4v) is 3.44. The molecule has 0 unspecified atom stereocenters. The molecule has 2 heterocycles. The minimum absolute atomic E-state index is 0.0411. The molecule has 3 N–H and O–H groups in total. The molecule has 0 bridgehead atoms. The molecule has 2 fully saturated rings. The summed E-state index contributed by atoms with van der Waals surface area (Å²) in [6.07, 6.45) is 1.65. The molecule has 24 heavy (non-hydrogen) atoms. The van der Waals surface area contributed by atoms with E-state index in [1.807, 2.05) is 4.90 Å². The number of hydrogen-bond acceptors (Lipinski definition) is 4. The number of nitrogens with one attached hydrogen (secondary N) is 2. The summed E-state index contributed by atoms with van der Waals surface area (Å²) in [5.41, 5.74) is 0.0741. The molecule has 3 rings (SSSR count). The van der Waals surface area contributed by atoms with Crippen LogP contribution in [0.5, 0.6) is 0 Å². The number of aliphatic hydroxyl groups is 1. The van der Waals surface area contributed by atoms with Crippen molar-refractivity contribution in [3.05, 3.63) is 35.4 Å². The van der Waals surface area contributed by atoms with E-state index in [4.69, 9.17) is 0 Å². The molecule has 7 heteroatoms. The van der Waals surface area contributed by atoms with E-state index in [9.17, 15) is 18.7 Å². The summed E-state index contributed by atoms with van der Waals surface area (Å²) in [7, 11) is 0. The molecule has 2 saturated heterocycles. The number of rotatable bonds is 4. The van der Waals surface area contributed by atoms with E-state index in [0.717, 1.165) is 19.4 Å². The van der Waals surface area contributed by atoms with E-state index in [2.05, 4.69) is 10.6 Å². The first-order valence-corrected chi connectivity index (χ1v) is 8.40. The van der Waals surface area contributed by atoms with Gasteiger partial charge in [0.05, 0.1) is 12.1 Å². The van der Waals surface area contributed by atoms with Gasteiger partial charge in [-0.05, 0) is 37.9 Å². The van der Waals surface area contributed by atoms with Gasteiger partial charge in [-0.3, -0.25) is 9.69 Å². The molecule has 0 radical (unpaired) electrons. The molecule has 0 saturated carbocycles. The summed E-state index contributed by atoms with van der Waals surface area (Å²) in [5.74, 6) is -1.19. The highest BCUT2D eigenvalue weighted by Crippen LogP contribution is 2.18. The van der Waals surface area contributed by atoms with Gasteiger partial charge in [0.1, 0.15) is 11.6 Å². The molecule has 1 aromatic carbocycles. The molecule has 0 spiro atoms. The van der Waals surface area contributed by atoms with Crippen molar-refractivity contribution in [1.29, 1.82) is 0 Å². The summed E-state index contributed by atoms with van der Waals surface area (Å²) in [6, 6.07) is 3.48. The Balaban J connectivity index is 1.55. The molecule has 0 aromatic heterocycles. The topological polar surface area (TPSA) is 64.6 Å². The predicted molar refractivity (Wildman–Crippen MR) is 85.2 cm³/mol. The van der Waals surface area contributed by atoms with Gasteiger partial charge in [-0.1, -0.05) is 6.07 Å². The molecule has 1 amide bonds. The molecule has 5 nitrogen and oxygen atoms in total. The number of carbonyl (C=O) groups is 1. The van der Waals surface area contributed by atoms with E-state index in [1.165, 1.54) is 18.2 Å². The van der Waals surface area contributed by atoms with Crippen LogP contribution < -0.4 is 10.6 Å². The molecule has 2 aliphatic rings. The van der Waals surface area contributed by atoms with Crippen LogP contribution in [0.25, 0.3) is 0 Å². The number of nitrogens with zero attached hydrogens (tertiary/aromatic N) is 1. The molecule has 0 aliphatic carbocycles. The Morgan fingerprint density at radius 2 is 2.12 bits per heavy atom. The van der Waals surface area contributed by atoms with Gasteiger partial charge in [0.2, 0.25) is 5.91 Å². The zero-order chi connectivity index (χ0) is 17.1. The fraction of sp³-hybridized carbons (Fsp3) is 0.588. The second-order valence-corrected chi connectivity index (χ2v) is 6.63. The van der Waals surface area contributed by atoms with Crippen LogP contribution in [-0.4, -0.2) is 53.7 Å². The maximum atomic E-state index is 13.8. The second kappa shape index (κ2) is 7.55. The lowest BCUT2D eigenvalue weighted by Crippen LogP contribution is -2.51. The van der Waals surface area contributed by atoms with Crippen LogP contribution in [-0.2, 0) is 11.3 Å². The molecule has 1 aromatic rings. The highest BCUT2D eigenvalue weighted by molar-refractivity contribution is 5.82. The van der Waals surface area contributed by atoms with Gasteiger partial charge < -0.3 is 15.7 Å². The first kappa shape index (κ1) is 17.3. The van der Waals surface area contributed by atoms with Crippen molar-refractivity contribution in [3.63, 3.8) is 0 Å². The van der Waals surface area contributed by atoms with E-state index in [1.54, 1.807) is 0 Å². The van der Waals surface area contributed by atoms with E-state index < -0.39 is 17.7 Å². The Kier molecular flexibility index (Phi) is 5.43. The van der Waals surface area contributed by atoms with Gasteiger partial charge in [-0.2, -0.15) is 0 Å². The number of β-amino-alcohol motifs (C(OH)–C–C–N with tert-alkyl or cyclic N) is 1. The maximum absolute atomic E-state index is 13.8. The minimum atomic E-state index is -0.537. The second-order valence-electron chi connectivity index (χ2n) is 6.63. The first-order chi connectivity index (χ1) is 11.5. The van der Waals surface area contributed by atoms with Crippen LogP contribution in [0, 0.1) is 11.6 Å². The summed E-state index contributed by atoms with van der Waals surface area (Å²) < 4.78 is 27.6. The smallest absolute Gasteiger partial charge is 0.237 e. The van der Waals surface area contributed by atoms with Gasteiger partial charge in [0.25, 0.3) is 0 Å². The summed E-state index contributed by atoms with van der Waals surface area (Å²) >= 11 is 0. The van der Waals surface area contributed by atoms with Crippen LogP contribution in [0.1, 0.15) is 24.8 Å². The maximum Gasteiger partial charge on any atom is 0.237 e. The molecule has 132 valence electrons. The van der Waals surface area contributed by atoms with Gasteiger partial charge in [-0.25, -0.2) is 8.78 Å². The number of halogens is 2. The minimum Gasteiger partial charge on any atom is -0.392 e. The zero-order valence-corrected chi connectivity index (χ0v) is 13.5. The standard InChI is InChI=1S/C17H23F2N3O2/c18-14-4-1-5-15(19)13(14)10-22-6-2-3-11(9-22)21-17(24)16-7-12(23)8-20-16/h1,4-5,11-12,16,20,23H,2-3,6-10H2,(H,21,24)/t11-,12-,16-/m1/s1. The van der Waals surface area contributed by atoms with Crippen molar-refractivity contribution in [1.82, 2.24) is 15.5 Å². The highest BCUT2D eigenvalue weighted by Gasteiger charge is 2.30. The van der Waals surface area contributed by atoms with Crippen LogP contribution in [0.3, 0.4) is 0 Å². The summed E-state index contributed by atoms with van der Waals surface area (Å²) in [5, 5.41) is 15.5. The van der Waals surface area contributed by atoms with Crippen molar-refractivity contribution in [2.24, 2.45) is 0 Å². The van der Waals surface area contributed by atoms with Gasteiger partial charge in [0, 0.05) is 31.2 Å². The van der Waals surface area contributed by atoms with Crippen molar-refractivity contribution in [3.8, 4) is 0 Å². The SMILES string of the molecule is O=C(N[C@@H]1CCCN(Cc2c(F)cccc2F)C1)[C@H]1C[C@@H](O)CN1. The Hall–Kier alpha value is -1.57. The van der Waals surface area contributed by atoms with Gasteiger partial charge in [-0.15, -0.1) is 0 Å². The van der Waals surface area contributed by atoms with E-state index >= 15 is 0 Å². The summed E-state index contributed by atoms with van der Waals surface area (Å²) in [6.45, 7) is 1.95. The number of aliphatic hydroxyl groups excluding tert-OH is 1. The van der Waals surface area contributed by atoms with Crippen molar-refractivity contribution < 1.29 is 18.7 Å². The van der Waals surface area contributed by atoms with Crippen LogP contribution in [0.2, 0.25) is 0 Å². The monoisotopic (exact) mass is 339 g/mol. The number of carbonyl (C=O) groups excluding carboxylic acids is 1. The lowest BCUT2D eigenvalue weighted by atomic mass is 10.0. The quantitative estimate of drug-likeness (QED) is 0.758. The third-order valence-electron chi connectivity index (χ3n) is 4.72. The van der Waals surface area contributed by atoms with Gasteiger partial charge >= 0.3 is 0 Å². The number of piperidine rings is 1. The Bertz CT molecular complexity index is 579. The zero-order valence-electron chi connectivity index (χ0n) is 13.5. The molecular formula is C17H23F2N3O2. The van der Waals surface area contributed by atoms with E-state index in [-0.39, 0.29) is 30.1 Å². The normalized spacial score (nSPS) is 28.0. The van der Waals surface area contributed by atoms with Gasteiger partial charge in [0.15, 0.2) is 0 Å². The number of benzene rings is 1. The summed E-state index contributed by atoms with van der Waals surface area (Å²) in [4.78, 5) is 14.2. The lowest BCUT2D eigenvalue weighted by molar-refractivity contribution is -0.124. The van der Waals surface area contributed by atoms with Crippen molar-refractivity contribution >= 4 is 5.91 Å². The third kappa shape index (κ3) is 4.09. The van der Waals surface area contributed by atoms with Crippen molar-refractivity contribution in [2.75, 3.05) is 19.6 Å².